The van der Waals surface area contributed by atoms with E-state index >= 15 is 0 Å². The van der Waals surface area contributed by atoms with E-state index in [9.17, 15) is 14.4 Å². The number of ether oxygens (including phenoxy) is 5. The fraction of sp³-hybridized carbons (Fsp3) is 0.739. The molecule has 0 unspecified atom stereocenters. The highest BCUT2D eigenvalue weighted by molar-refractivity contribution is 5.86. The van der Waals surface area contributed by atoms with Gasteiger partial charge in [0.15, 0.2) is 23.5 Å². The molecule has 12 heteroatoms. The summed E-state index contributed by atoms with van der Waals surface area (Å²) in [6.07, 6.45) is -0.739. The number of amides is 2. The van der Waals surface area contributed by atoms with Gasteiger partial charge in [-0.15, -0.1) is 0 Å². The summed E-state index contributed by atoms with van der Waals surface area (Å²) in [5.74, 6) is -1.84. The van der Waals surface area contributed by atoms with Crippen molar-refractivity contribution in [1.29, 1.82) is 0 Å². The van der Waals surface area contributed by atoms with Crippen LogP contribution in [0.5, 0.6) is 0 Å². The molecule has 1 aromatic heterocycles. The third kappa shape index (κ3) is 8.48. The van der Waals surface area contributed by atoms with Crippen LogP contribution in [0.2, 0.25) is 0 Å². The van der Waals surface area contributed by atoms with Crippen molar-refractivity contribution in [2.75, 3.05) is 27.4 Å². The zero-order chi connectivity index (χ0) is 26.4. The Morgan fingerprint density at radius 1 is 1.20 bits per heavy atom. The van der Waals surface area contributed by atoms with Gasteiger partial charge in [-0.05, 0) is 41.0 Å². The third-order valence-electron chi connectivity index (χ3n) is 5.05. The molecule has 0 saturated carbocycles. The zero-order valence-electron chi connectivity index (χ0n) is 21.6. The van der Waals surface area contributed by atoms with Gasteiger partial charge in [-0.3, -0.25) is 4.79 Å². The van der Waals surface area contributed by atoms with Crippen LogP contribution in [0.15, 0.2) is 10.7 Å². The molecule has 0 aliphatic carbocycles. The summed E-state index contributed by atoms with van der Waals surface area (Å²) in [6, 6.07) is -0.699. The molecule has 198 valence electrons. The minimum absolute atomic E-state index is 0.0802. The van der Waals surface area contributed by atoms with Gasteiger partial charge in [0.25, 0.3) is 5.91 Å². The standard InChI is InChI=1S/C23H37N3O9/c1-13(19-25-15(12-32-19)20(28)31-8)9-10-24-18(27)17-16(33-23(5,6)34-17)14(11-30-7)26-21(29)35-22(2,3)4/h12-14,16-17H,9-11H2,1-8H3,(H,24,27)(H,26,29)/t13-,14-,16-,17-/m1/s1. The van der Waals surface area contributed by atoms with E-state index in [1.165, 1.54) is 20.5 Å². The second-order valence-corrected chi connectivity index (χ2v) is 9.77. The monoisotopic (exact) mass is 499 g/mol. The lowest BCUT2D eigenvalue weighted by molar-refractivity contribution is -0.157. The molecule has 0 bridgehead atoms. The highest BCUT2D eigenvalue weighted by atomic mass is 16.8. The second kappa shape index (κ2) is 11.8. The highest BCUT2D eigenvalue weighted by Crippen LogP contribution is 2.30. The Morgan fingerprint density at radius 2 is 1.89 bits per heavy atom. The molecule has 1 aliphatic rings. The normalized spacial score (nSPS) is 21.1. The molecule has 1 aliphatic heterocycles. The molecule has 0 radical (unpaired) electrons. The molecule has 2 amide bonds. The molecule has 2 heterocycles. The summed E-state index contributed by atoms with van der Waals surface area (Å²) in [5, 5.41) is 5.55. The number of rotatable bonds is 10. The Morgan fingerprint density at radius 3 is 2.49 bits per heavy atom. The molecule has 0 spiro atoms. The first-order valence-corrected chi connectivity index (χ1v) is 11.4. The molecule has 35 heavy (non-hydrogen) atoms. The molecular formula is C23H37N3O9. The maximum Gasteiger partial charge on any atom is 0.408 e. The molecule has 1 fully saturated rings. The lowest BCUT2D eigenvalue weighted by atomic mass is 10.0. The van der Waals surface area contributed by atoms with Crippen LogP contribution in [0, 0.1) is 0 Å². The predicted molar refractivity (Wildman–Crippen MR) is 123 cm³/mol. The van der Waals surface area contributed by atoms with Crippen LogP contribution in [0.4, 0.5) is 4.79 Å². The van der Waals surface area contributed by atoms with Crippen LogP contribution in [-0.4, -0.2) is 80.0 Å². The number of carbonyl (C=O) groups is 3. The molecule has 2 N–H and O–H groups in total. The maximum absolute atomic E-state index is 13.0. The van der Waals surface area contributed by atoms with Gasteiger partial charge in [0.1, 0.15) is 18.0 Å². The van der Waals surface area contributed by atoms with Crippen molar-refractivity contribution in [3.8, 4) is 0 Å². The largest absolute Gasteiger partial charge is 0.464 e. The smallest absolute Gasteiger partial charge is 0.408 e. The Bertz CT molecular complexity index is 878. The fourth-order valence-corrected chi connectivity index (χ4v) is 3.49. The van der Waals surface area contributed by atoms with Crippen LogP contribution >= 0.6 is 0 Å². The first-order valence-electron chi connectivity index (χ1n) is 11.4. The summed E-state index contributed by atoms with van der Waals surface area (Å²) in [7, 11) is 2.74. The molecule has 0 aromatic carbocycles. The maximum atomic E-state index is 13.0. The Kier molecular flexibility index (Phi) is 9.64. The van der Waals surface area contributed by atoms with E-state index in [-0.39, 0.29) is 24.8 Å². The summed E-state index contributed by atoms with van der Waals surface area (Å²) in [6.45, 7) is 10.9. The van der Waals surface area contributed by atoms with Gasteiger partial charge in [0, 0.05) is 19.6 Å². The Balaban J connectivity index is 2.00. The van der Waals surface area contributed by atoms with Crippen molar-refractivity contribution < 1.29 is 42.5 Å². The Labute approximate surface area is 205 Å². The van der Waals surface area contributed by atoms with Gasteiger partial charge in [-0.1, -0.05) is 6.92 Å². The summed E-state index contributed by atoms with van der Waals surface area (Å²) >= 11 is 0. The average Bonchev–Trinajstić information content (AvgIpc) is 3.36. The predicted octanol–water partition coefficient (Wildman–Crippen LogP) is 2.13. The number of methoxy groups -OCH3 is 2. The van der Waals surface area contributed by atoms with Crippen LogP contribution in [0.1, 0.15) is 70.3 Å². The Hall–Kier alpha value is -2.70. The molecule has 1 saturated heterocycles. The van der Waals surface area contributed by atoms with E-state index in [0.29, 0.717) is 12.3 Å². The number of hydrogen-bond acceptors (Lipinski definition) is 10. The van der Waals surface area contributed by atoms with Crippen LogP contribution in [0.3, 0.4) is 0 Å². The topological polar surface area (TPSA) is 147 Å². The quantitative estimate of drug-likeness (QED) is 0.459. The summed E-state index contributed by atoms with van der Waals surface area (Å²) < 4.78 is 32.4. The van der Waals surface area contributed by atoms with Crippen molar-refractivity contribution in [3.63, 3.8) is 0 Å². The van der Waals surface area contributed by atoms with E-state index < -0.39 is 47.6 Å². The van der Waals surface area contributed by atoms with Crippen LogP contribution < -0.4 is 10.6 Å². The molecule has 12 nitrogen and oxygen atoms in total. The van der Waals surface area contributed by atoms with Crippen molar-refractivity contribution in [2.45, 2.75) is 83.5 Å². The minimum atomic E-state index is -1.05. The van der Waals surface area contributed by atoms with E-state index in [1.54, 1.807) is 34.6 Å². The number of esters is 1. The van der Waals surface area contributed by atoms with Gasteiger partial charge < -0.3 is 38.7 Å². The van der Waals surface area contributed by atoms with Crippen molar-refractivity contribution in [1.82, 2.24) is 15.6 Å². The van der Waals surface area contributed by atoms with Gasteiger partial charge >= 0.3 is 12.1 Å². The third-order valence-corrected chi connectivity index (χ3v) is 5.05. The average molecular weight is 500 g/mol. The van der Waals surface area contributed by atoms with Crippen LogP contribution in [0.25, 0.3) is 0 Å². The molecule has 2 rings (SSSR count). The van der Waals surface area contributed by atoms with Crippen molar-refractivity contribution in [3.05, 3.63) is 17.8 Å². The number of oxazole rings is 1. The van der Waals surface area contributed by atoms with E-state index in [4.69, 9.17) is 23.4 Å². The second-order valence-electron chi connectivity index (χ2n) is 9.77. The van der Waals surface area contributed by atoms with Gasteiger partial charge in [-0.25, -0.2) is 14.6 Å². The zero-order valence-corrected chi connectivity index (χ0v) is 21.6. The lowest BCUT2D eigenvalue weighted by Crippen LogP contribution is -2.54. The van der Waals surface area contributed by atoms with Gasteiger partial charge in [0.2, 0.25) is 0 Å². The van der Waals surface area contributed by atoms with Gasteiger partial charge in [-0.2, -0.15) is 0 Å². The fourth-order valence-electron chi connectivity index (χ4n) is 3.49. The molecular weight excluding hydrogens is 462 g/mol. The van der Waals surface area contributed by atoms with E-state index in [2.05, 4.69) is 20.4 Å². The lowest BCUT2D eigenvalue weighted by Gasteiger charge is -2.28. The molecule has 4 atom stereocenters. The number of carbonyl (C=O) groups excluding carboxylic acids is 3. The number of alkyl carbamates (subject to hydrolysis) is 1. The van der Waals surface area contributed by atoms with Crippen molar-refractivity contribution in [2.24, 2.45) is 0 Å². The number of nitrogens with one attached hydrogen (secondary N) is 2. The van der Waals surface area contributed by atoms with Crippen molar-refractivity contribution >= 4 is 18.0 Å². The van der Waals surface area contributed by atoms with E-state index in [1.807, 2.05) is 6.92 Å². The number of hydrogen-bond donors (Lipinski definition) is 2. The van der Waals surface area contributed by atoms with Gasteiger partial charge in [0.05, 0.1) is 19.8 Å². The first-order chi connectivity index (χ1) is 16.3. The molecule has 1 aromatic rings. The SMILES string of the molecule is COC[C@@H](NC(=O)OC(C)(C)C)[C@H]1OC(C)(C)O[C@H]1C(=O)NCC[C@@H](C)c1nc(C(=O)OC)co1. The summed E-state index contributed by atoms with van der Waals surface area (Å²) in [5.41, 5.74) is -0.608. The first kappa shape index (κ1) is 28.5. The minimum Gasteiger partial charge on any atom is -0.464 e. The number of aromatic nitrogens is 1. The van der Waals surface area contributed by atoms with E-state index in [0.717, 1.165) is 0 Å². The number of nitrogens with zero attached hydrogens (tertiary/aromatic N) is 1. The highest BCUT2D eigenvalue weighted by Gasteiger charge is 2.49. The van der Waals surface area contributed by atoms with Crippen LogP contribution in [-0.2, 0) is 28.5 Å². The summed E-state index contributed by atoms with van der Waals surface area (Å²) in [4.78, 5) is 41.0.